The van der Waals surface area contributed by atoms with Crippen molar-refractivity contribution in [2.45, 2.75) is 6.54 Å². The van der Waals surface area contributed by atoms with Gasteiger partial charge in [-0.15, -0.1) is 11.3 Å². The molecule has 3 nitrogen and oxygen atoms in total. The Bertz CT molecular complexity index is 971. The number of para-hydroxylation sites is 1. The zero-order valence-corrected chi connectivity index (χ0v) is 14.1. The largest absolute Gasteiger partial charge is 0.337 e. The van der Waals surface area contributed by atoms with Gasteiger partial charge in [0.25, 0.3) is 5.91 Å². The van der Waals surface area contributed by atoms with E-state index in [4.69, 9.17) is 0 Å². The Balaban J connectivity index is 1.65. The monoisotopic (exact) mass is 332 g/mol. The van der Waals surface area contributed by atoms with Crippen molar-refractivity contribution in [3.8, 4) is 0 Å². The summed E-state index contributed by atoms with van der Waals surface area (Å²) in [6.45, 7) is 0.601. The third-order valence-electron chi connectivity index (χ3n) is 4.03. The van der Waals surface area contributed by atoms with E-state index in [0.29, 0.717) is 6.54 Å². The molecule has 2 aromatic carbocycles. The molecular weight excluding hydrogens is 316 g/mol. The van der Waals surface area contributed by atoms with Gasteiger partial charge in [-0.3, -0.25) is 4.79 Å². The summed E-state index contributed by atoms with van der Waals surface area (Å²) in [7, 11) is 1.84. The molecule has 4 aromatic rings. The van der Waals surface area contributed by atoms with Crippen LogP contribution in [0.3, 0.4) is 0 Å². The first kappa shape index (κ1) is 14.8. The third kappa shape index (κ3) is 2.76. The summed E-state index contributed by atoms with van der Waals surface area (Å²) in [6.07, 6.45) is 0. The summed E-state index contributed by atoms with van der Waals surface area (Å²) in [5.74, 6) is 0.0332. The fraction of sp³-hybridized carbons (Fsp3) is 0.100. The molecule has 1 amide bonds. The Hall–Kier alpha value is -2.72. The standard InChI is InChI=1S/C20H16N2OS/c1-22(13-14-7-3-2-4-8-14)20(23)18-12-16-11-15-9-5-6-10-17(15)21-19(16)24-18/h2-12H,13H2,1H3. The lowest BCUT2D eigenvalue weighted by atomic mass is 10.2. The van der Waals surface area contributed by atoms with Crippen LogP contribution in [0.5, 0.6) is 0 Å². The van der Waals surface area contributed by atoms with E-state index in [9.17, 15) is 4.79 Å². The molecular formula is C20H16N2OS. The molecule has 0 radical (unpaired) electrons. The first-order valence-corrected chi connectivity index (χ1v) is 8.61. The second-order valence-electron chi connectivity index (χ2n) is 5.83. The van der Waals surface area contributed by atoms with E-state index in [0.717, 1.165) is 31.6 Å². The molecule has 0 atom stereocenters. The van der Waals surface area contributed by atoms with Gasteiger partial charge in [0.15, 0.2) is 0 Å². The molecule has 0 N–H and O–H groups in total. The van der Waals surface area contributed by atoms with Crippen molar-refractivity contribution >= 4 is 38.4 Å². The number of rotatable bonds is 3. The Morgan fingerprint density at radius 1 is 1.00 bits per heavy atom. The molecule has 118 valence electrons. The van der Waals surface area contributed by atoms with Crippen LogP contribution in [0.25, 0.3) is 21.1 Å². The van der Waals surface area contributed by atoms with Gasteiger partial charge in [0, 0.05) is 24.4 Å². The molecule has 0 unspecified atom stereocenters. The van der Waals surface area contributed by atoms with E-state index in [1.165, 1.54) is 11.3 Å². The summed E-state index contributed by atoms with van der Waals surface area (Å²) in [6, 6.07) is 22.1. The highest BCUT2D eigenvalue weighted by Gasteiger charge is 2.16. The fourth-order valence-corrected chi connectivity index (χ4v) is 3.81. The molecule has 4 heteroatoms. The van der Waals surface area contributed by atoms with Gasteiger partial charge in [-0.25, -0.2) is 4.98 Å². The lowest BCUT2D eigenvalue weighted by Gasteiger charge is -2.16. The van der Waals surface area contributed by atoms with Gasteiger partial charge in [-0.2, -0.15) is 0 Å². The van der Waals surface area contributed by atoms with Crippen LogP contribution in [-0.4, -0.2) is 22.8 Å². The van der Waals surface area contributed by atoms with E-state index >= 15 is 0 Å². The Labute approximate surface area is 144 Å². The summed E-state index contributed by atoms with van der Waals surface area (Å²) in [5.41, 5.74) is 2.09. The smallest absolute Gasteiger partial charge is 0.264 e. The van der Waals surface area contributed by atoms with Crippen molar-refractivity contribution in [3.05, 3.63) is 77.2 Å². The van der Waals surface area contributed by atoms with Gasteiger partial charge in [0.05, 0.1) is 10.4 Å². The highest BCUT2D eigenvalue weighted by atomic mass is 32.1. The van der Waals surface area contributed by atoms with E-state index in [-0.39, 0.29) is 5.91 Å². The van der Waals surface area contributed by atoms with Crippen LogP contribution in [0.2, 0.25) is 0 Å². The number of amides is 1. The maximum absolute atomic E-state index is 12.7. The van der Waals surface area contributed by atoms with Gasteiger partial charge in [-0.05, 0) is 23.8 Å². The van der Waals surface area contributed by atoms with E-state index in [1.54, 1.807) is 4.90 Å². The van der Waals surface area contributed by atoms with Crippen molar-refractivity contribution in [2.24, 2.45) is 0 Å². The second-order valence-corrected chi connectivity index (χ2v) is 6.86. The van der Waals surface area contributed by atoms with Crippen LogP contribution in [0.15, 0.2) is 66.7 Å². The highest BCUT2D eigenvalue weighted by Crippen LogP contribution is 2.28. The minimum Gasteiger partial charge on any atom is -0.337 e. The van der Waals surface area contributed by atoms with Gasteiger partial charge in [0.1, 0.15) is 4.83 Å². The van der Waals surface area contributed by atoms with Gasteiger partial charge < -0.3 is 4.90 Å². The van der Waals surface area contributed by atoms with Crippen LogP contribution in [0.4, 0.5) is 0 Å². The molecule has 0 spiro atoms. The maximum Gasteiger partial charge on any atom is 0.264 e. The number of carbonyl (C=O) groups excluding carboxylic acids is 1. The Kier molecular flexibility index (Phi) is 3.75. The number of thiophene rings is 1. The summed E-state index contributed by atoms with van der Waals surface area (Å²) < 4.78 is 0. The number of hydrogen-bond donors (Lipinski definition) is 0. The predicted octanol–water partition coefficient (Wildman–Crippen LogP) is 4.72. The van der Waals surface area contributed by atoms with Gasteiger partial charge >= 0.3 is 0 Å². The number of fused-ring (bicyclic) bond motifs is 2. The number of carbonyl (C=O) groups is 1. The number of aromatic nitrogens is 1. The van der Waals surface area contributed by atoms with Crippen molar-refractivity contribution < 1.29 is 4.79 Å². The van der Waals surface area contributed by atoms with E-state index in [2.05, 4.69) is 11.1 Å². The minimum absolute atomic E-state index is 0.0332. The van der Waals surface area contributed by atoms with Crippen molar-refractivity contribution in [1.82, 2.24) is 9.88 Å². The van der Waals surface area contributed by atoms with E-state index < -0.39 is 0 Å². The van der Waals surface area contributed by atoms with Gasteiger partial charge in [-0.1, -0.05) is 48.5 Å². The SMILES string of the molecule is CN(Cc1ccccc1)C(=O)c1cc2cc3ccccc3nc2s1. The maximum atomic E-state index is 12.7. The Morgan fingerprint density at radius 2 is 1.75 bits per heavy atom. The summed E-state index contributed by atoms with van der Waals surface area (Å²) in [4.78, 5) is 20.8. The third-order valence-corrected chi connectivity index (χ3v) is 5.06. The van der Waals surface area contributed by atoms with Crippen molar-refractivity contribution in [1.29, 1.82) is 0 Å². The molecule has 2 heterocycles. The van der Waals surface area contributed by atoms with E-state index in [1.807, 2.05) is 67.7 Å². The van der Waals surface area contributed by atoms with Crippen LogP contribution < -0.4 is 0 Å². The molecule has 0 aliphatic carbocycles. The highest BCUT2D eigenvalue weighted by molar-refractivity contribution is 7.20. The summed E-state index contributed by atoms with van der Waals surface area (Å²) in [5, 5.41) is 2.12. The van der Waals surface area contributed by atoms with Crippen LogP contribution in [0.1, 0.15) is 15.2 Å². The molecule has 0 saturated carbocycles. The average molecular weight is 332 g/mol. The van der Waals surface area contributed by atoms with Crippen molar-refractivity contribution in [2.75, 3.05) is 7.05 Å². The number of hydrogen-bond acceptors (Lipinski definition) is 3. The number of nitrogens with zero attached hydrogens (tertiary/aromatic N) is 2. The van der Waals surface area contributed by atoms with Crippen LogP contribution >= 0.6 is 11.3 Å². The molecule has 0 bridgehead atoms. The Morgan fingerprint density at radius 3 is 2.58 bits per heavy atom. The second kappa shape index (κ2) is 6.06. The molecule has 0 aliphatic heterocycles. The van der Waals surface area contributed by atoms with Gasteiger partial charge in [0.2, 0.25) is 0 Å². The quantitative estimate of drug-likeness (QED) is 0.544. The molecule has 4 rings (SSSR count). The van der Waals surface area contributed by atoms with Crippen LogP contribution in [0, 0.1) is 0 Å². The van der Waals surface area contributed by atoms with Crippen molar-refractivity contribution in [3.63, 3.8) is 0 Å². The fourth-order valence-electron chi connectivity index (χ4n) is 2.80. The topological polar surface area (TPSA) is 33.2 Å². The van der Waals surface area contributed by atoms with Crippen LogP contribution in [-0.2, 0) is 6.54 Å². The normalized spacial score (nSPS) is 11.0. The average Bonchev–Trinajstić information content (AvgIpc) is 3.02. The summed E-state index contributed by atoms with van der Waals surface area (Å²) >= 11 is 1.46. The molecule has 0 fully saturated rings. The zero-order chi connectivity index (χ0) is 16.5. The minimum atomic E-state index is 0.0332. The number of benzene rings is 2. The zero-order valence-electron chi connectivity index (χ0n) is 13.3. The predicted molar refractivity (Wildman–Crippen MR) is 99.4 cm³/mol. The lowest BCUT2D eigenvalue weighted by molar-refractivity contribution is 0.0790. The molecule has 0 saturated heterocycles. The first-order chi connectivity index (χ1) is 11.7. The molecule has 24 heavy (non-hydrogen) atoms. The molecule has 0 aliphatic rings. The first-order valence-electron chi connectivity index (χ1n) is 7.79. The lowest BCUT2D eigenvalue weighted by Crippen LogP contribution is -2.25. The number of pyridine rings is 1. The molecule has 2 aromatic heterocycles.